The van der Waals surface area contributed by atoms with Crippen LogP contribution in [-0.4, -0.2) is 179 Å². The minimum absolute atomic E-state index is 0.0131. The Labute approximate surface area is 558 Å². The normalized spacial score (nSPS) is 18.3. The van der Waals surface area contributed by atoms with Crippen molar-refractivity contribution < 1.29 is 57.8 Å². The summed E-state index contributed by atoms with van der Waals surface area (Å²) >= 11 is 0. The van der Waals surface area contributed by atoms with Gasteiger partial charge in [-0.1, -0.05) is 146 Å². The van der Waals surface area contributed by atoms with Crippen LogP contribution in [0.25, 0.3) is 0 Å². The molecule has 0 aliphatic carbocycles. The van der Waals surface area contributed by atoms with Crippen molar-refractivity contribution in [2.45, 2.75) is 205 Å². The van der Waals surface area contributed by atoms with E-state index in [1.54, 1.807) is 58.0 Å². The number of nitrogens with two attached hydrogens (primary N) is 4. The number of nitrogens with zero attached hydrogens (tertiary/aromatic N) is 2. The summed E-state index contributed by atoms with van der Waals surface area (Å²) in [5.74, 6) is -9.30. The van der Waals surface area contributed by atoms with Gasteiger partial charge in [0.2, 0.25) is 59.1 Å². The van der Waals surface area contributed by atoms with Crippen LogP contribution in [0.4, 0.5) is 0 Å². The lowest BCUT2D eigenvalue weighted by Crippen LogP contribution is -2.61. The van der Waals surface area contributed by atoms with Crippen LogP contribution in [0.15, 0.2) is 91.0 Å². The van der Waals surface area contributed by atoms with E-state index in [1.165, 1.54) is 9.80 Å². The first-order valence-corrected chi connectivity index (χ1v) is 33.4. The molecule has 5 rings (SSSR count). The number of aliphatic carboxylic acids is 1. The molecule has 2 heterocycles. The molecule has 0 spiro atoms. The third-order valence-electron chi connectivity index (χ3n) is 17.0. The highest BCUT2D eigenvalue weighted by Gasteiger charge is 2.46. The number of nitrogens with one attached hydrogen (secondary N) is 8. The topological polar surface area (TPSA) is 415 Å². The molecule has 0 saturated carbocycles. The maximum atomic E-state index is 15.4. The van der Waals surface area contributed by atoms with Crippen LogP contribution in [0.2, 0.25) is 0 Å². The van der Waals surface area contributed by atoms with Crippen LogP contribution in [0, 0.1) is 23.7 Å². The number of rotatable bonds is 37. The van der Waals surface area contributed by atoms with E-state index in [0.717, 1.165) is 11.1 Å². The van der Waals surface area contributed by atoms with Gasteiger partial charge in [-0.3, -0.25) is 47.9 Å². The summed E-state index contributed by atoms with van der Waals surface area (Å²) in [5, 5.41) is 32.3. The molecule has 12 atom stereocenters. The van der Waals surface area contributed by atoms with Gasteiger partial charge in [0.15, 0.2) is 0 Å². The van der Waals surface area contributed by atoms with Gasteiger partial charge < -0.3 is 80.4 Å². The van der Waals surface area contributed by atoms with Gasteiger partial charge in [-0.15, -0.1) is 0 Å². The zero-order valence-electron chi connectivity index (χ0n) is 56.4. The van der Waals surface area contributed by atoms with Crippen molar-refractivity contribution in [2.75, 3.05) is 26.2 Å². The number of carboxylic acids is 1. The number of hydrogen-bond donors (Lipinski definition) is 13. The van der Waals surface area contributed by atoms with Crippen LogP contribution < -0.4 is 65.5 Å². The Morgan fingerprint density at radius 1 is 0.474 bits per heavy atom. The molecule has 26 nitrogen and oxygen atoms in total. The fourth-order valence-electron chi connectivity index (χ4n) is 11.9. The molecule has 1 unspecified atom stereocenters. The Bertz CT molecular complexity index is 3030. The molecule has 26 heteroatoms. The van der Waals surface area contributed by atoms with Crippen molar-refractivity contribution in [3.8, 4) is 0 Å². The molecule has 0 radical (unpaired) electrons. The molecule has 0 bridgehead atoms. The van der Waals surface area contributed by atoms with E-state index >= 15 is 4.79 Å². The maximum Gasteiger partial charge on any atom is 0.326 e. The third kappa shape index (κ3) is 24.1. The molecule has 2 aliphatic heterocycles. The summed E-state index contributed by atoms with van der Waals surface area (Å²) in [7, 11) is 0. The first kappa shape index (κ1) is 77.4. The molecule has 2 aliphatic rings. The van der Waals surface area contributed by atoms with E-state index in [2.05, 4.69) is 42.5 Å². The number of amides is 10. The van der Waals surface area contributed by atoms with Gasteiger partial charge in [0.25, 0.3) is 0 Å². The lowest BCUT2D eigenvalue weighted by atomic mass is 9.99. The molecule has 3 aromatic carbocycles. The second-order valence-electron chi connectivity index (χ2n) is 26.6. The van der Waals surface area contributed by atoms with Crippen molar-refractivity contribution in [1.82, 2.24) is 52.3 Å². The van der Waals surface area contributed by atoms with Crippen LogP contribution in [0.1, 0.15) is 130 Å². The van der Waals surface area contributed by atoms with Crippen LogP contribution in [0.5, 0.6) is 0 Å². The van der Waals surface area contributed by atoms with E-state index in [-0.39, 0.29) is 95.8 Å². The molecule has 2 fully saturated rings. The Morgan fingerprint density at radius 2 is 0.895 bits per heavy atom. The van der Waals surface area contributed by atoms with Crippen LogP contribution in [-0.2, 0) is 72.0 Å². The molecule has 3 aromatic rings. The fourth-order valence-corrected chi connectivity index (χ4v) is 11.9. The van der Waals surface area contributed by atoms with Gasteiger partial charge in [-0.2, -0.15) is 0 Å². The Balaban J connectivity index is 1.40. The standard InChI is InChI=1S/C69H104N14O12/c1-40(2)33-48(72)60(85)78-53(36-45-23-14-10-15-24-45)67(92)82-32-20-29-55(82)63(88)80-57(42(5)6)65(90)75-50(27-18-30-70)61(86)77-52(34-41(3)4)62(87)79-54(37-46-25-16-11-17-26-46)68(93)83-39-47(74-59(84)49(73)35-44-21-12-9-13-22-44)38-56(83)64(89)81-58(43(7)8)66(91)76-51(69(94)95)28-19-31-71/h9-17,21-26,40-43,47-58H,18-20,27-39,70-73H2,1-8H3,(H,74,84)(H,75,90)(H,76,91)(H,77,86)(H,78,85)(H,79,87)(H,80,88)(H,81,89)(H,94,95)/t47?,48-,49-,50-,51-,52-,53+,54+,55-,56-,57-,58-/m0/s1. The van der Waals surface area contributed by atoms with E-state index in [0.29, 0.717) is 24.8 Å². The van der Waals surface area contributed by atoms with E-state index in [4.69, 9.17) is 22.9 Å². The zero-order valence-corrected chi connectivity index (χ0v) is 56.4. The first-order chi connectivity index (χ1) is 45.1. The molecule has 522 valence electrons. The molecular formula is C69H104N14O12. The summed E-state index contributed by atoms with van der Waals surface area (Å²) in [6.07, 6.45) is 1.80. The number of carboxylic acid groups (broad SMARTS) is 1. The molecule has 17 N–H and O–H groups in total. The Kier molecular flexibility index (Phi) is 31.2. The number of likely N-dealkylation sites (tertiary alicyclic amines) is 2. The Hall–Kier alpha value is -8.33. The second kappa shape index (κ2) is 38.3. The highest BCUT2D eigenvalue weighted by Crippen LogP contribution is 2.24. The highest BCUT2D eigenvalue weighted by molar-refractivity contribution is 5.99. The summed E-state index contributed by atoms with van der Waals surface area (Å²) < 4.78 is 0. The molecule has 10 amide bonds. The zero-order chi connectivity index (χ0) is 70.1. The van der Waals surface area contributed by atoms with Gasteiger partial charge >= 0.3 is 5.97 Å². The van der Waals surface area contributed by atoms with Gasteiger partial charge in [0.05, 0.1) is 12.1 Å². The van der Waals surface area contributed by atoms with Crippen molar-refractivity contribution in [3.63, 3.8) is 0 Å². The lowest BCUT2D eigenvalue weighted by molar-refractivity contribution is -0.144. The largest absolute Gasteiger partial charge is 0.480 e. The molecule has 0 aromatic heterocycles. The summed E-state index contributed by atoms with van der Waals surface area (Å²) in [6.45, 7) is 14.5. The molecular weight excluding hydrogens is 1220 g/mol. The van der Waals surface area contributed by atoms with Gasteiger partial charge in [0.1, 0.15) is 54.4 Å². The second-order valence-corrected chi connectivity index (χ2v) is 26.6. The predicted molar refractivity (Wildman–Crippen MR) is 359 cm³/mol. The summed E-state index contributed by atoms with van der Waals surface area (Å²) in [5.41, 5.74) is 26.4. The number of carbonyl (C=O) groups excluding carboxylic acids is 10. The molecule has 95 heavy (non-hydrogen) atoms. The van der Waals surface area contributed by atoms with Crippen molar-refractivity contribution in [2.24, 2.45) is 46.6 Å². The maximum absolute atomic E-state index is 15.4. The number of hydrogen-bond acceptors (Lipinski definition) is 15. The van der Waals surface area contributed by atoms with Crippen molar-refractivity contribution >= 4 is 65.0 Å². The SMILES string of the molecule is CC(C)C[C@H](NC(=O)[C@H](CCCN)NC(=O)[C@@H](NC(=O)[C@@H]1CCCN1C(=O)[C@@H](Cc1ccccc1)NC(=O)[C@@H](N)CC(C)C)C(C)C)C(=O)N[C@H](Cc1ccccc1)C(=O)N1CC(NC(=O)[C@@H](N)Cc2ccccc2)C[C@H]1C(=O)N[C@H](C(=O)N[C@@H](CCCN)C(=O)O)C(C)C. The van der Waals surface area contributed by atoms with Crippen molar-refractivity contribution in [3.05, 3.63) is 108 Å². The summed E-state index contributed by atoms with van der Waals surface area (Å²) in [6, 6.07) is 12.9. The number of carbonyl (C=O) groups is 11. The average molecular weight is 1320 g/mol. The highest BCUT2D eigenvalue weighted by atomic mass is 16.4. The van der Waals surface area contributed by atoms with Gasteiger partial charge in [0, 0.05) is 32.0 Å². The van der Waals surface area contributed by atoms with Crippen molar-refractivity contribution in [1.29, 1.82) is 0 Å². The van der Waals surface area contributed by atoms with Crippen LogP contribution in [0.3, 0.4) is 0 Å². The fraction of sp³-hybridized carbons (Fsp3) is 0.580. The summed E-state index contributed by atoms with van der Waals surface area (Å²) in [4.78, 5) is 159. The minimum atomic E-state index is -1.42. The van der Waals surface area contributed by atoms with Gasteiger partial charge in [-0.05, 0) is 118 Å². The first-order valence-electron chi connectivity index (χ1n) is 33.4. The smallest absolute Gasteiger partial charge is 0.326 e. The van der Waals surface area contributed by atoms with Gasteiger partial charge in [-0.25, -0.2) is 4.79 Å². The quantitative estimate of drug-likeness (QED) is 0.0380. The predicted octanol–water partition coefficient (Wildman–Crippen LogP) is 0.806. The minimum Gasteiger partial charge on any atom is -0.480 e. The third-order valence-corrected chi connectivity index (χ3v) is 17.0. The van der Waals surface area contributed by atoms with E-state index in [9.17, 15) is 53.1 Å². The van der Waals surface area contributed by atoms with Crippen LogP contribution >= 0.6 is 0 Å². The molecule has 2 saturated heterocycles. The monoisotopic (exact) mass is 1320 g/mol. The average Bonchev–Trinajstić information content (AvgIpc) is 1.70. The van der Waals surface area contributed by atoms with E-state index < -0.39 is 149 Å². The lowest BCUT2D eigenvalue weighted by Gasteiger charge is -2.32. The number of benzene rings is 3. The van der Waals surface area contributed by atoms with E-state index in [1.807, 2.05) is 88.4 Å². The Morgan fingerprint density at radius 3 is 1.37 bits per heavy atom.